The second-order valence-electron chi connectivity index (χ2n) is 5.08. The molecule has 1 N–H and O–H groups in total. The van der Waals surface area contributed by atoms with E-state index in [-0.39, 0.29) is 12.5 Å². The Morgan fingerprint density at radius 2 is 2.04 bits per heavy atom. The van der Waals surface area contributed by atoms with Crippen molar-refractivity contribution in [2.45, 2.75) is 13.8 Å². The number of ether oxygens (including phenoxy) is 1. The molecule has 0 aliphatic carbocycles. The van der Waals surface area contributed by atoms with E-state index in [0.29, 0.717) is 26.5 Å². The maximum atomic E-state index is 12.0. The molecule has 120 valence electrons. The molecule has 0 heterocycles. The van der Waals surface area contributed by atoms with Crippen LogP contribution >= 0.6 is 27.5 Å². The average Bonchev–Trinajstić information content (AvgIpc) is 2.49. The Kier molecular flexibility index (Phi) is 5.80. The Balaban J connectivity index is 2.02. The van der Waals surface area contributed by atoms with Crippen molar-refractivity contribution in [1.29, 1.82) is 0 Å². The van der Waals surface area contributed by atoms with Gasteiger partial charge in [-0.15, -0.1) is 0 Å². The van der Waals surface area contributed by atoms with Gasteiger partial charge >= 0.3 is 0 Å². The Morgan fingerprint density at radius 1 is 1.30 bits per heavy atom. The summed E-state index contributed by atoms with van der Waals surface area (Å²) in [5, 5.41) is 3.24. The molecule has 0 saturated carbocycles. The summed E-state index contributed by atoms with van der Waals surface area (Å²) in [6, 6.07) is 8.61. The number of nitrogens with one attached hydrogen (secondary N) is 1. The average molecular weight is 397 g/mol. The quantitative estimate of drug-likeness (QED) is 0.754. The maximum absolute atomic E-state index is 12.0. The molecule has 0 aliphatic rings. The number of benzene rings is 2. The summed E-state index contributed by atoms with van der Waals surface area (Å²) in [4.78, 5) is 22.7. The number of halogens is 2. The monoisotopic (exact) mass is 395 g/mol. The highest BCUT2D eigenvalue weighted by molar-refractivity contribution is 9.10. The zero-order chi connectivity index (χ0) is 17.0. The lowest BCUT2D eigenvalue weighted by atomic mass is 10.1. The van der Waals surface area contributed by atoms with Gasteiger partial charge in [-0.2, -0.15) is 0 Å². The third-order valence-corrected chi connectivity index (χ3v) is 4.06. The lowest BCUT2D eigenvalue weighted by molar-refractivity contribution is -0.118. The topological polar surface area (TPSA) is 55.4 Å². The fourth-order valence-electron chi connectivity index (χ4n) is 2.10. The minimum absolute atomic E-state index is 0.164. The van der Waals surface area contributed by atoms with Crippen molar-refractivity contribution in [3.63, 3.8) is 0 Å². The van der Waals surface area contributed by atoms with E-state index in [0.717, 1.165) is 17.4 Å². The molecule has 0 atom stereocenters. The molecule has 0 fully saturated rings. The molecule has 2 rings (SSSR count). The molecule has 0 unspecified atom stereocenters. The van der Waals surface area contributed by atoms with Crippen LogP contribution < -0.4 is 10.1 Å². The lowest BCUT2D eigenvalue weighted by Gasteiger charge is -2.13. The molecule has 0 aliphatic heterocycles. The van der Waals surface area contributed by atoms with Crippen LogP contribution in [0.15, 0.2) is 34.8 Å². The number of aldehydes is 1. The first-order chi connectivity index (χ1) is 10.9. The standard InChI is InChI=1S/C17H15BrClNO3/c1-10-5-11(2)17(14(19)6-10)20-16(22)9-23-15-4-3-12(8-21)7-13(15)18/h3-8H,9H2,1-2H3,(H,20,22). The van der Waals surface area contributed by atoms with E-state index in [9.17, 15) is 9.59 Å². The Hall–Kier alpha value is -1.85. The predicted molar refractivity (Wildman–Crippen MR) is 94.6 cm³/mol. The normalized spacial score (nSPS) is 10.3. The van der Waals surface area contributed by atoms with Crippen LogP contribution in [0.3, 0.4) is 0 Å². The number of anilines is 1. The summed E-state index contributed by atoms with van der Waals surface area (Å²) in [5.74, 6) is 0.169. The van der Waals surface area contributed by atoms with Crippen molar-refractivity contribution in [2.75, 3.05) is 11.9 Å². The fraction of sp³-hybridized carbons (Fsp3) is 0.176. The van der Waals surface area contributed by atoms with E-state index in [1.165, 1.54) is 0 Å². The van der Waals surface area contributed by atoms with Gasteiger partial charge in [0.2, 0.25) is 0 Å². The van der Waals surface area contributed by atoms with E-state index < -0.39 is 0 Å². The van der Waals surface area contributed by atoms with Gasteiger partial charge in [-0.1, -0.05) is 17.7 Å². The van der Waals surface area contributed by atoms with Crippen LogP contribution in [0.25, 0.3) is 0 Å². The number of carbonyl (C=O) groups excluding carboxylic acids is 2. The number of rotatable bonds is 5. The van der Waals surface area contributed by atoms with Crippen LogP contribution in [0.1, 0.15) is 21.5 Å². The largest absolute Gasteiger partial charge is 0.483 e. The summed E-state index contributed by atoms with van der Waals surface area (Å²) in [7, 11) is 0. The third kappa shape index (κ3) is 4.56. The summed E-state index contributed by atoms with van der Waals surface area (Å²) in [6.45, 7) is 3.65. The molecular formula is C17H15BrClNO3. The van der Waals surface area contributed by atoms with Crippen molar-refractivity contribution in [1.82, 2.24) is 0 Å². The summed E-state index contributed by atoms with van der Waals surface area (Å²) in [6.07, 6.45) is 0.739. The molecule has 0 bridgehead atoms. The van der Waals surface area contributed by atoms with Crippen LogP contribution in [0.4, 0.5) is 5.69 Å². The molecule has 0 radical (unpaired) electrons. The van der Waals surface area contributed by atoms with Crippen LogP contribution in [-0.2, 0) is 4.79 Å². The highest BCUT2D eigenvalue weighted by Crippen LogP contribution is 2.28. The molecule has 6 heteroatoms. The highest BCUT2D eigenvalue weighted by atomic mass is 79.9. The van der Waals surface area contributed by atoms with Crippen molar-refractivity contribution in [2.24, 2.45) is 0 Å². The van der Waals surface area contributed by atoms with Crippen LogP contribution in [0, 0.1) is 13.8 Å². The van der Waals surface area contributed by atoms with Gasteiger partial charge in [0.15, 0.2) is 6.61 Å². The van der Waals surface area contributed by atoms with Crippen LogP contribution in [-0.4, -0.2) is 18.8 Å². The van der Waals surface area contributed by atoms with Gasteiger partial charge in [0.1, 0.15) is 12.0 Å². The second kappa shape index (κ2) is 7.62. The zero-order valence-corrected chi connectivity index (χ0v) is 15.0. The Bertz CT molecular complexity index is 738. The number of hydrogen-bond acceptors (Lipinski definition) is 3. The van der Waals surface area contributed by atoms with Gasteiger partial charge < -0.3 is 10.1 Å². The van der Waals surface area contributed by atoms with Crippen molar-refractivity contribution < 1.29 is 14.3 Å². The van der Waals surface area contributed by atoms with Gasteiger partial charge in [-0.3, -0.25) is 9.59 Å². The van der Waals surface area contributed by atoms with Gasteiger partial charge in [0, 0.05) is 5.56 Å². The Morgan fingerprint density at radius 3 is 2.65 bits per heavy atom. The zero-order valence-electron chi connectivity index (χ0n) is 12.7. The highest BCUT2D eigenvalue weighted by Gasteiger charge is 2.11. The summed E-state index contributed by atoms with van der Waals surface area (Å²) < 4.78 is 6.07. The first-order valence-corrected chi connectivity index (χ1v) is 8.02. The molecule has 0 aromatic heterocycles. The van der Waals surface area contributed by atoms with Crippen molar-refractivity contribution in [3.05, 3.63) is 56.5 Å². The Labute approximate surface area is 147 Å². The summed E-state index contributed by atoms with van der Waals surface area (Å²) in [5.41, 5.74) is 3.03. The molecule has 2 aromatic carbocycles. The molecule has 0 saturated heterocycles. The number of carbonyl (C=O) groups is 2. The molecule has 1 amide bonds. The van der Waals surface area contributed by atoms with E-state index in [2.05, 4.69) is 21.2 Å². The first-order valence-electron chi connectivity index (χ1n) is 6.85. The minimum atomic E-state index is -0.315. The lowest BCUT2D eigenvalue weighted by Crippen LogP contribution is -2.21. The molecular weight excluding hydrogens is 382 g/mol. The SMILES string of the molecule is Cc1cc(C)c(NC(=O)COc2ccc(C=O)cc2Br)c(Cl)c1. The van der Waals surface area contributed by atoms with Crippen LogP contribution in [0.5, 0.6) is 5.75 Å². The summed E-state index contributed by atoms with van der Waals surface area (Å²) >= 11 is 9.46. The smallest absolute Gasteiger partial charge is 0.262 e. The first kappa shape index (κ1) is 17.5. The van der Waals surface area contributed by atoms with E-state index in [1.807, 2.05) is 19.9 Å². The number of amides is 1. The predicted octanol–water partition coefficient (Wildman–Crippen LogP) is 4.55. The van der Waals surface area contributed by atoms with Gasteiger partial charge in [0.25, 0.3) is 5.91 Å². The van der Waals surface area contributed by atoms with Gasteiger partial charge in [-0.05, 0) is 65.2 Å². The number of aryl methyl sites for hydroxylation is 2. The molecule has 23 heavy (non-hydrogen) atoms. The van der Waals surface area contributed by atoms with Crippen molar-refractivity contribution in [3.8, 4) is 5.75 Å². The van der Waals surface area contributed by atoms with E-state index >= 15 is 0 Å². The van der Waals surface area contributed by atoms with E-state index in [1.54, 1.807) is 24.3 Å². The van der Waals surface area contributed by atoms with Gasteiger partial charge in [0.05, 0.1) is 15.2 Å². The van der Waals surface area contributed by atoms with Crippen molar-refractivity contribution >= 4 is 45.4 Å². The molecule has 2 aromatic rings. The molecule has 4 nitrogen and oxygen atoms in total. The van der Waals surface area contributed by atoms with Crippen LogP contribution in [0.2, 0.25) is 5.02 Å². The minimum Gasteiger partial charge on any atom is -0.483 e. The molecule has 0 spiro atoms. The fourth-order valence-corrected chi connectivity index (χ4v) is 2.98. The number of hydrogen-bond donors (Lipinski definition) is 1. The second-order valence-corrected chi connectivity index (χ2v) is 6.34. The third-order valence-electron chi connectivity index (χ3n) is 3.15. The van der Waals surface area contributed by atoms with E-state index in [4.69, 9.17) is 16.3 Å². The van der Waals surface area contributed by atoms with Gasteiger partial charge in [-0.25, -0.2) is 0 Å². The maximum Gasteiger partial charge on any atom is 0.262 e.